The number of hydrogen-bond donors (Lipinski definition) is 1. The van der Waals surface area contributed by atoms with Crippen molar-refractivity contribution in [3.8, 4) is 0 Å². The fourth-order valence-corrected chi connectivity index (χ4v) is 4.75. The van der Waals surface area contributed by atoms with E-state index < -0.39 is 0 Å². The summed E-state index contributed by atoms with van der Waals surface area (Å²) in [4.78, 5) is 12.4. The van der Waals surface area contributed by atoms with E-state index in [1.807, 2.05) is 18.4 Å². The molecule has 0 radical (unpaired) electrons. The van der Waals surface area contributed by atoms with E-state index in [2.05, 4.69) is 5.32 Å². The Morgan fingerprint density at radius 2 is 2.10 bits per heavy atom. The summed E-state index contributed by atoms with van der Waals surface area (Å²) < 4.78 is 5.61. The second kappa shape index (κ2) is 5.54. The first-order chi connectivity index (χ1) is 10.4. The smallest absolute Gasteiger partial charge is 0.138 e. The highest BCUT2D eigenvalue weighted by molar-refractivity contribution is 7.19. The molecule has 1 fully saturated rings. The number of aromatic nitrogens is 2. The molecule has 5 heteroatoms. The molecule has 1 aliphatic heterocycles. The maximum Gasteiger partial charge on any atom is 0.138 e. The second-order valence-corrected chi connectivity index (χ2v) is 7.07. The lowest BCUT2D eigenvalue weighted by atomic mass is 9.96. The molecule has 1 unspecified atom stereocenters. The topological polar surface area (TPSA) is 47.0 Å². The van der Waals surface area contributed by atoms with Crippen LogP contribution in [0.2, 0.25) is 0 Å². The van der Waals surface area contributed by atoms with Gasteiger partial charge in [-0.3, -0.25) is 0 Å². The number of anilines is 1. The third-order valence-corrected chi connectivity index (χ3v) is 5.78. The van der Waals surface area contributed by atoms with E-state index >= 15 is 0 Å². The minimum absolute atomic E-state index is 0.356. The standard InChI is InChI=1S/C16H21N3OS/c1-17-15-13-11-6-2-3-7-12(11)21-16(13)19-14(18-15)10-5-4-8-20-9-10/h10H,2-9H2,1H3,(H,17,18,19). The minimum Gasteiger partial charge on any atom is -0.381 e. The van der Waals surface area contributed by atoms with E-state index in [1.54, 1.807) is 0 Å². The van der Waals surface area contributed by atoms with Crippen molar-refractivity contribution in [2.45, 2.75) is 44.4 Å². The molecule has 0 spiro atoms. The summed E-state index contributed by atoms with van der Waals surface area (Å²) in [5, 5.41) is 4.58. The van der Waals surface area contributed by atoms with Gasteiger partial charge in [0, 0.05) is 24.4 Å². The molecule has 1 aliphatic carbocycles. The Morgan fingerprint density at radius 1 is 1.19 bits per heavy atom. The highest BCUT2D eigenvalue weighted by atomic mass is 32.1. The fraction of sp³-hybridized carbons (Fsp3) is 0.625. The molecular weight excluding hydrogens is 282 g/mol. The number of aryl methyl sites for hydroxylation is 2. The summed E-state index contributed by atoms with van der Waals surface area (Å²) in [6.07, 6.45) is 7.24. The predicted octanol–water partition coefficient (Wildman–Crippen LogP) is 3.51. The number of hydrogen-bond acceptors (Lipinski definition) is 5. The molecule has 0 bridgehead atoms. The van der Waals surface area contributed by atoms with Crippen molar-refractivity contribution in [3.05, 3.63) is 16.3 Å². The van der Waals surface area contributed by atoms with E-state index in [9.17, 15) is 0 Å². The lowest BCUT2D eigenvalue weighted by Gasteiger charge is -2.21. The van der Waals surface area contributed by atoms with Crippen molar-refractivity contribution in [1.29, 1.82) is 0 Å². The average Bonchev–Trinajstić information content (AvgIpc) is 2.93. The number of nitrogens with one attached hydrogen (secondary N) is 1. The van der Waals surface area contributed by atoms with Gasteiger partial charge in [-0.2, -0.15) is 0 Å². The maximum absolute atomic E-state index is 5.61. The van der Waals surface area contributed by atoms with Gasteiger partial charge in [0.2, 0.25) is 0 Å². The lowest BCUT2D eigenvalue weighted by molar-refractivity contribution is 0.0782. The lowest BCUT2D eigenvalue weighted by Crippen LogP contribution is -2.18. The largest absolute Gasteiger partial charge is 0.381 e. The molecule has 0 amide bonds. The zero-order chi connectivity index (χ0) is 14.2. The summed E-state index contributed by atoms with van der Waals surface area (Å²) in [6, 6.07) is 0. The van der Waals surface area contributed by atoms with Crippen LogP contribution in [0.4, 0.5) is 5.82 Å². The van der Waals surface area contributed by atoms with Crippen molar-refractivity contribution in [3.63, 3.8) is 0 Å². The van der Waals surface area contributed by atoms with E-state index in [0.29, 0.717) is 5.92 Å². The minimum atomic E-state index is 0.356. The summed E-state index contributed by atoms with van der Waals surface area (Å²) in [6.45, 7) is 1.64. The molecule has 1 N–H and O–H groups in total. The summed E-state index contributed by atoms with van der Waals surface area (Å²) in [5.74, 6) is 2.33. The predicted molar refractivity (Wildman–Crippen MR) is 86.4 cm³/mol. The zero-order valence-corrected chi connectivity index (χ0v) is 13.3. The Kier molecular flexibility index (Phi) is 3.55. The molecule has 4 rings (SSSR count). The SMILES string of the molecule is CNc1nc(C2CCCOC2)nc2sc3c(c12)CCCC3. The molecule has 4 nitrogen and oxygen atoms in total. The van der Waals surface area contributed by atoms with Crippen LogP contribution in [0.1, 0.15) is 47.9 Å². The number of fused-ring (bicyclic) bond motifs is 3. The molecule has 1 saturated heterocycles. The van der Waals surface area contributed by atoms with Crippen LogP contribution in [0.25, 0.3) is 10.2 Å². The van der Waals surface area contributed by atoms with Gasteiger partial charge in [0.25, 0.3) is 0 Å². The van der Waals surface area contributed by atoms with Crippen molar-refractivity contribution in [1.82, 2.24) is 9.97 Å². The third kappa shape index (κ3) is 2.32. The van der Waals surface area contributed by atoms with Gasteiger partial charge >= 0.3 is 0 Å². The molecular formula is C16H21N3OS. The summed E-state index contributed by atoms with van der Waals surface area (Å²) in [7, 11) is 1.97. The van der Waals surface area contributed by atoms with Crippen LogP contribution < -0.4 is 5.32 Å². The van der Waals surface area contributed by atoms with Gasteiger partial charge in [0.1, 0.15) is 16.5 Å². The Morgan fingerprint density at radius 3 is 2.90 bits per heavy atom. The highest BCUT2D eigenvalue weighted by Gasteiger charge is 2.24. The van der Waals surface area contributed by atoms with Crippen molar-refractivity contribution in [2.75, 3.05) is 25.6 Å². The number of ether oxygens (including phenoxy) is 1. The Bertz CT molecular complexity index is 661. The van der Waals surface area contributed by atoms with Crippen molar-refractivity contribution < 1.29 is 4.74 Å². The first-order valence-corrected chi connectivity index (χ1v) is 8.76. The van der Waals surface area contributed by atoms with Gasteiger partial charge in [0.15, 0.2) is 0 Å². The molecule has 3 heterocycles. The Hall–Kier alpha value is -1.20. The van der Waals surface area contributed by atoms with E-state index in [0.717, 1.165) is 37.7 Å². The van der Waals surface area contributed by atoms with Crippen LogP contribution in [0.5, 0.6) is 0 Å². The molecule has 2 aromatic heterocycles. The van der Waals surface area contributed by atoms with Crippen LogP contribution in [0.15, 0.2) is 0 Å². The van der Waals surface area contributed by atoms with E-state index in [-0.39, 0.29) is 0 Å². The Balaban J connectivity index is 1.83. The summed E-state index contributed by atoms with van der Waals surface area (Å²) in [5.41, 5.74) is 1.50. The molecule has 1 atom stereocenters. The molecule has 21 heavy (non-hydrogen) atoms. The van der Waals surface area contributed by atoms with Gasteiger partial charge in [-0.25, -0.2) is 9.97 Å². The van der Waals surface area contributed by atoms with Crippen LogP contribution >= 0.6 is 11.3 Å². The van der Waals surface area contributed by atoms with Crippen LogP contribution in [0.3, 0.4) is 0 Å². The first kappa shape index (κ1) is 13.5. The quantitative estimate of drug-likeness (QED) is 0.922. The van der Waals surface area contributed by atoms with Crippen LogP contribution in [0, 0.1) is 0 Å². The molecule has 0 saturated carbocycles. The summed E-state index contributed by atoms with van der Waals surface area (Å²) >= 11 is 1.88. The number of thiophene rings is 1. The van der Waals surface area contributed by atoms with Crippen molar-refractivity contribution >= 4 is 27.4 Å². The van der Waals surface area contributed by atoms with Gasteiger partial charge in [0.05, 0.1) is 12.0 Å². The number of rotatable bonds is 2. The first-order valence-electron chi connectivity index (χ1n) is 7.94. The van der Waals surface area contributed by atoms with E-state index in [1.165, 1.54) is 46.3 Å². The highest BCUT2D eigenvalue weighted by Crippen LogP contribution is 2.39. The third-order valence-electron chi connectivity index (χ3n) is 4.59. The van der Waals surface area contributed by atoms with Crippen molar-refractivity contribution in [2.24, 2.45) is 0 Å². The normalized spacial score (nSPS) is 22.2. The molecule has 112 valence electrons. The maximum atomic E-state index is 5.61. The fourth-order valence-electron chi connectivity index (χ4n) is 3.48. The van der Waals surface area contributed by atoms with E-state index in [4.69, 9.17) is 14.7 Å². The molecule has 2 aromatic rings. The van der Waals surface area contributed by atoms with Gasteiger partial charge in [-0.1, -0.05) is 0 Å². The second-order valence-electron chi connectivity index (χ2n) is 5.99. The van der Waals surface area contributed by atoms with Gasteiger partial charge < -0.3 is 10.1 Å². The van der Waals surface area contributed by atoms with Gasteiger partial charge in [-0.15, -0.1) is 11.3 Å². The van der Waals surface area contributed by atoms with Crippen LogP contribution in [-0.2, 0) is 17.6 Å². The average molecular weight is 303 g/mol. The zero-order valence-electron chi connectivity index (χ0n) is 12.4. The van der Waals surface area contributed by atoms with Gasteiger partial charge in [-0.05, 0) is 44.1 Å². The monoisotopic (exact) mass is 303 g/mol. The van der Waals surface area contributed by atoms with Crippen LogP contribution in [-0.4, -0.2) is 30.2 Å². The Labute approximate surface area is 128 Å². The number of nitrogens with zero attached hydrogens (tertiary/aromatic N) is 2. The molecule has 2 aliphatic rings. The molecule has 0 aromatic carbocycles.